The van der Waals surface area contributed by atoms with Crippen LogP contribution in [0.15, 0.2) is 72.8 Å². The maximum atomic E-state index is 13.2. The molecule has 5 rings (SSSR count). The number of methoxy groups -OCH3 is 1. The fraction of sp³-hybridized carbons (Fsp3) is 0.259. The number of ether oxygens (including phenoxy) is 2. The summed E-state index contributed by atoms with van der Waals surface area (Å²) in [6.07, 6.45) is 0.235. The highest BCUT2D eigenvalue weighted by Gasteiger charge is 2.29. The first-order valence-corrected chi connectivity index (χ1v) is 11.2. The number of cyclic esters (lactones) is 1. The lowest BCUT2D eigenvalue weighted by molar-refractivity contribution is 0.0252. The van der Waals surface area contributed by atoms with E-state index in [0.29, 0.717) is 30.6 Å². The van der Waals surface area contributed by atoms with Crippen LogP contribution in [0.1, 0.15) is 37.9 Å². The summed E-state index contributed by atoms with van der Waals surface area (Å²) in [4.78, 5) is 29.9. The first kappa shape index (κ1) is 21.1. The quantitative estimate of drug-likeness (QED) is 0.569. The molecule has 0 radical (unpaired) electrons. The molecule has 1 fully saturated rings. The highest BCUT2D eigenvalue weighted by atomic mass is 16.5. The van der Waals surface area contributed by atoms with Gasteiger partial charge in [0.25, 0.3) is 5.91 Å². The number of carbonyl (C=O) groups excluding carboxylic acids is 2. The molecule has 168 valence electrons. The van der Waals surface area contributed by atoms with E-state index >= 15 is 0 Å². The zero-order valence-electron chi connectivity index (χ0n) is 18.6. The molecule has 0 aromatic heterocycles. The largest absolute Gasteiger partial charge is 0.497 e. The van der Waals surface area contributed by atoms with E-state index in [1.165, 1.54) is 0 Å². The molecule has 1 atom stereocenters. The molecule has 0 spiro atoms. The van der Waals surface area contributed by atoms with E-state index in [0.717, 1.165) is 35.7 Å². The van der Waals surface area contributed by atoms with Crippen molar-refractivity contribution in [3.05, 3.63) is 95.1 Å². The Bertz CT molecular complexity index is 1170. The fourth-order valence-corrected chi connectivity index (χ4v) is 4.54. The minimum Gasteiger partial charge on any atom is -0.497 e. The van der Waals surface area contributed by atoms with Crippen LogP contribution in [0.25, 0.3) is 0 Å². The summed E-state index contributed by atoms with van der Waals surface area (Å²) in [6, 6.07) is 23.0. The van der Waals surface area contributed by atoms with Crippen LogP contribution >= 0.6 is 0 Å². The van der Waals surface area contributed by atoms with Crippen molar-refractivity contribution in [2.75, 3.05) is 38.2 Å². The molecule has 0 unspecified atom stereocenters. The van der Waals surface area contributed by atoms with Gasteiger partial charge in [-0.15, -0.1) is 0 Å². The number of hydrogen-bond donors (Lipinski definition) is 0. The van der Waals surface area contributed by atoms with Crippen LogP contribution in [-0.4, -0.2) is 50.1 Å². The van der Waals surface area contributed by atoms with Gasteiger partial charge in [0, 0.05) is 49.9 Å². The average molecular weight is 443 g/mol. The predicted octanol–water partition coefficient (Wildman–Crippen LogP) is 4.11. The molecular weight excluding hydrogens is 416 g/mol. The minimum atomic E-state index is -0.337. The van der Waals surface area contributed by atoms with Crippen molar-refractivity contribution in [2.24, 2.45) is 0 Å². The standard InChI is InChI=1S/C27H26N2O4/c1-32-23-9-5-8-22(18-23)28-12-14-29(15-13-28)26(30)20-10-11-24-21(16-20)17-25(33-27(24)31)19-6-3-2-4-7-19/h2-11,16,18,25H,12-15,17H2,1H3/t25-/m0/s1. The summed E-state index contributed by atoms with van der Waals surface area (Å²) in [5, 5.41) is 0. The maximum Gasteiger partial charge on any atom is 0.339 e. The zero-order chi connectivity index (χ0) is 22.8. The van der Waals surface area contributed by atoms with Crippen molar-refractivity contribution in [2.45, 2.75) is 12.5 Å². The van der Waals surface area contributed by atoms with Gasteiger partial charge < -0.3 is 19.3 Å². The minimum absolute atomic E-state index is 0.00158. The van der Waals surface area contributed by atoms with Crippen molar-refractivity contribution in [1.82, 2.24) is 4.90 Å². The number of carbonyl (C=O) groups is 2. The second-order valence-corrected chi connectivity index (χ2v) is 8.36. The number of hydrogen-bond acceptors (Lipinski definition) is 5. The van der Waals surface area contributed by atoms with Crippen LogP contribution in [0.3, 0.4) is 0 Å². The molecule has 1 amide bonds. The van der Waals surface area contributed by atoms with Crippen LogP contribution in [-0.2, 0) is 11.2 Å². The van der Waals surface area contributed by atoms with Crippen molar-refractivity contribution in [3.63, 3.8) is 0 Å². The smallest absolute Gasteiger partial charge is 0.339 e. The summed E-state index contributed by atoms with van der Waals surface area (Å²) < 4.78 is 11.0. The first-order valence-electron chi connectivity index (χ1n) is 11.2. The molecular formula is C27H26N2O4. The molecule has 3 aromatic carbocycles. The number of nitrogens with zero attached hydrogens (tertiary/aromatic N) is 2. The van der Waals surface area contributed by atoms with E-state index in [2.05, 4.69) is 11.0 Å². The van der Waals surface area contributed by atoms with Crippen molar-refractivity contribution >= 4 is 17.6 Å². The molecule has 33 heavy (non-hydrogen) atoms. The Kier molecular flexibility index (Phi) is 5.73. The van der Waals surface area contributed by atoms with E-state index in [1.807, 2.05) is 59.5 Å². The second-order valence-electron chi connectivity index (χ2n) is 8.36. The van der Waals surface area contributed by atoms with Gasteiger partial charge in [-0.1, -0.05) is 36.4 Å². The Morgan fingerprint density at radius 2 is 1.73 bits per heavy atom. The van der Waals surface area contributed by atoms with Gasteiger partial charge in [-0.25, -0.2) is 4.79 Å². The third-order valence-corrected chi connectivity index (χ3v) is 6.38. The third kappa shape index (κ3) is 4.29. The number of fused-ring (bicyclic) bond motifs is 1. The molecule has 0 N–H and O–H groups in total. The van der Waals surface area contributed by atoms with E-state index in [9.17, 15) is 9.59 Å². The van der Waals surface area contributed by atoms with E-state index in [-0.39, 0.29) is 18.0 Å². The molecule has 0 bridgehead atoms. The molecule has 6 nitrogen and oxygen atoms in total. The summed E-state index contributed by atoms with van der Waals surface area (Å²) >= 11 is 0. The molecule has 3 aromatic rings. The molecule has 2 aliphatic rings. The number of anilines is 1. The SMILES string of the molecule is COc1cccc(N2CCN(C(=O)c3ccc4c(c3)C[C@@H](c3ccccc3)OC4=O)CC2)c1. The lowest BCUT2D eigenvalue weighted by Crippen LogP contribution is -2.48. The summed E-state index contributed by atoms with van der Waals surface area (Å²) in [6.45, 7) is 2.79. The Morgan fingerprint density at radius 3 is 2.48 bits per heavy atom. The van der Waals surface area contributed by atoms with Crippen LogP contribution in [0.5, 0.6) is 5.75 Å². The summed E-state index contributed by atoms with van der Waals surface area (Å²) in [7, 11) is 1.66. The number of amides is 1. The Balaban J connectivity index is 1.29. The Labute approximate surface area is 193 Å². The van der Waals surface area contributed by atoms with Gasteiger partial charge in [-0.3, -0.25) is 4.79 Å². The normalized spacial score (nSPS) is 17.8. The average Bonchev–Trinajstić information content (AvgIpc) is 2.88. The van der Waals surface area contributed by atoms with Gasteiger partial charge in [0.15, 0.2) is 0 Å². The molecule has 2 aliphatic heterocycles. The second kappa shape index (κ2) is 8.98. The zero-order valence-corrected chi connectivity index (χ0v) is 18.6. The maximum absolute atomic E-state index is 13.2. The molecule has 0 saturated carbocycles. The number of rotatable bonds is 4. The number of benzene rings is 3. The van der Waals surface area contributed by atoms with Gasteiger partial charge >= 0.3 is 5.97 Å². The summed E-state index contributed by atoms with van der Waals surface area (Å²) in [5.74, 6) is 0.488. The van der Waals surface area contributed by atoms with Gasteiger partial charge in [-0.2, -0.15) is 0 Å². The van der Waals surface area contributed by atoms with E-state index in [1.54, 1.807) is 19.2 Å². The number of esters is 1. The van der Waals surface area contributed by atoms with Crippen molar-refractivity contribution in [3.8, 4) is 5.75 Å². The van der Waals surface area contributed by atoms with Gasteiger partial charge in [0.2, 0.25) is 0 Å². The van der Waals surface area contributed by atoms with Crippen LogP contribution in [0, 0.1) is 0 Å². The number of piperazine rings is 1. The summed E-state index contributed by atoms with van der Waals surface area (Å²) in [5.41, 5.74) is 4.08. The fourth-order valence-electron chi connectivity index (χ4n) is 4.54. The van der Waals surface area contributed by atoms with Crippen molar-refractivity contribution in [1.29, 1.82) is 0 Å². The monoisotopic (exact) mass is 442 g/mol. The van der Waals surface area contributed by atoms with E-state index in [4.69, 9.17) is 9.47 Å². The van der Waals surface area contributed by atoms with Crippen LogP contribution < -0.4 is 9.64 Å². The van der Waals surface area contributed by atoms with Gasteiger partial charge in [-0.05, 0) is 41.5 Å². The highest BCUT2D eigenvalue weighted by molar-refractivity contribution is 5.98. The van der Waals surface area contributed by atoms with Crippen LogP contribution in [0.2, 0.25) is 0 Å². The third-order valence-electron chi connectivity index (χ3n) is 6.38. The highest BCUT2D eigenvalue weighted by Crippen LogP contribution is 2.31. The molecule has 2 heterocycles. The molecule has 0 aliphatic carbocycles. The van der Waals surface area contributed by atoms with E-state index < -0.39 is 0 Å². The lowest BCUT2D eigenvalue weighted by Gasteiger charge is -2.36. The van der Waals surface area contributed by atoms with Gasteiger partial charge in [0.05, 0.1) is 12.7 Å². The lowest BCUT2D eigenvalue weighted by atomic mass is 9.93. The molecule has 6 heteroatoms. The topological polar surface area (TPSA) is 59.1 Å². The predicted molar refractivity (Wildman–Crippen MR) is 126 cm³/mol. The van der Waals surface area contributed by atoms with Crippen molar-refractivity contribution < 1.29 is 19.1 Å². The molecule has 1 saturated heterocycles. The van der Waals surface area contributed by atoms with Gasteiger partial charge in [0.1, 0.15) is 11.9 Å². The Morgan fingerprint density at radius 1 is 0.939 bits per heavy atom. The Hall–Kier alpha value is -3.80. The van der Waals surface area contributed by atoms with Crippen LogP contribution in [0.4, 0.5) is 5.69 Å². The first-order chi connectivity index (χ1) is 16.1.